The van der Waals surface area contributed by atoms with E-state index in [-0.39, 0.29) is 11.2 Å². The van der Waals surface area contributed by atoms with E-state index in [2.05, 4.69) is 15.5 Å². The Hall–Kier alpha value is -0.970. The Kier molecular flexibility index (Phi) is 4.48. The topological polar surface area (TPSA) is 57.8 Å². The summed E-state index contributed by atoms with van der Waals surface area (Å²) in [5.74, 6) is 1.35. The van der Waals surface area contributed by atoms with E-state index in [1.807, 2.05) is 13.1 Å². The van der Waals surface area contributed by atoms with Crippen LogP contribution in [0.15, 0.2) is 6.20 Å². The standard InChI is InChI=1S/C12H19N3OS/c1-9-10(8-14-15-9)4-2-6-13-12(16)11-5-3-7-17-11/h8,11H,2-7H2,1H3,(H,13,16)(H,14,15). The van der Waals surface area contributed by atoms with Crippen LogP contribution in [-0.4, -0.2) is 33.7 Å². The summed E-state index contributed by atoms with van der Waals surface area (Å²) in [6.07, 6.45) is 6.03. The second-order valence-electron chi connectivity index (χ2n) is 4.42. The van der Waals surface area contributed by atoms with Gasteiger partial charge in [-0.05, 0) is 43.9 Å². The molecule has 1 unspecified atom stereocenters. The molecule has 2 rings (SSSR count). The van der Waals surface area contributed by atoms with Crippen LogP contribution in [0.5, 0.6) is 0 Å². The zero-order valence-corrected chi connectivity index (χ0v) is 11.0. The van der Waals surface area contributed by atoms with Gasteiger partial charge in [-0.15, -0.1) is 11.8 Å². The molecule has 1 fully saturated rings. The summed E-state index contributed by atoms with van der Waals surface area (Å²) in [7, 11) is 0. The molecule has 1 aliphatic rings. The van der Waals surface area contributed by atoms with Crippen LogP contribution in [0.1, 0.15) is 30.5 Å². The van der Waals surface area contributed by atoms with Crippen LogP contribution < -0.4 is 5.32 Å². The van der Waals surface area contributed by atoms with Crippen molar-refractivity contribution in [2.24, 2.45) is 0 Å². The SMILES string of the molecule is Cc1[nH]ncc1CCCNC(=O)C1CCCS1. The number of aromatic amines is 1. The minimum atomic E-state index is 0.200. The van der Waals surface area contributed by atoms with Crippen molar-refractivity contribution >= 4 is 17.7 Å². The van der Waals surface area contributed by atoms with Gasteiger partial charge in [-0.3, -0.25) is 9.89 Å². The summed E-state index contributed by atoms with van der Waals surface area (Å²) in [6, 6.07) is 0. The van der Waals surface area contributed by atoms with Crippen molar-refractivity contribution in [1.29, 1.82) is 0 Å². The molecule has 1 aromatic rings. The number of amides is 1. The van der Waals surface area contributed by atoms with Crippen LogP contribution in [0.4, 0.5) is 0 Å². The number of nitrogens with one attached hydrogen (secondary N) is 2. The van der Waals surface area contributed by atoms with Crippen molar-refractivity contribution in [2.75, 3.05) is 12.3 Å². The van der Waals surface area contributed by atoms with Crippen LogP contribution >= 0.6 is 11.8 Å². The van der Waals surface area contributed by atoms with E-state index >= 15 is 0 Å². The van der Waals surface area contributed by atoms with Crippen LogP contribution in [0.3, 0.4) is 0 Å². The number of aromatic nitrogens is 2. The molecule has 5 heteroatoms. The van der Waals surface area contributed by atoms with E-state index in [0.29, 0.717) is 0 Å². The zero-order chi connectivity index (χ0) is 12.1. The Morgan fingerprint density at radius 1 is 1.71 bits per heavy atom. The number of carbonyl (C=O) groups excluding carboxylic acids is 1. The predicted molar refractivity (Wildman–Crippen MR) is 70.1 cm³/mol. The highest BCUT2D eigenvalue weighted by molar-refractivity contribution is 8.00. The predicted octanol–water partition coefficient (Wildman–Crippen LogP) is 1.66. The Morgan fingerprint density at radius 2 is 2.59 bits per heavy atom. The van der Waals surface area contributed by atoms with Crippen LogP contribution in [0.25, 0.3) is 0 Å². The lowest BCUT2D eigenvalue weighted by molar-refractivity contribution is -0.120. The van der Waals surface area contributed by atoms with Gasteiger partial charge in [-0.2, -0.15) is 5.10 Å². The lowest BCUT2D eigenvalue weighted by Gasteiger charge is -2.09. The third-order valence-corrected chi connectivity index (χ3v) is 4.46. The van der Waals surface area contributed by atoms with Gasteiger partial charge in [0.1, 0.15) is 0 Å². The molecule has 1 amide bonds. The molecule has 0 spiro atoms. The molecule has 2 N–H and O–H groups in total. The Morgan fingerprint density at radius 3 is 3.24 bits per heavy atom. The van der Waals surface area contributed by atoms with E-state index in [4.69, 9.17) is 0 Å². The third-order valence-electron chi connectivity index (χ3n) is 3.08. The third kappa shape index (κ3) is 3.49. The van der Waals surface area contributed by atoms with Crippen molar-refractivity contribution in [3.63, 3.8) is 0 Å². The van der Waals surface area contributed by atoms with Gasteiger partial charge >= 0.3 is 0 Å². The normalized spacial score (nSPS) is 19.5. The van der Waals surface area contributed by atoms with Crippen molar-refractivity contribution in [1.82, 2.24) is 15.5 Å². The van der Waals surface area contributed by atoms with E-state index in [0.717, 1.165) is 37.3 Å². The maximum Gasteiger partial charge on any atom is 0.233 e. The first-order valence-corrected chi connectivity index (χ1v) is 7.20. The van der Waals surface area contributed by atoms with Gasteiger partial charge in [0.15, 0.2) is 0 Å². The van der Waals surface area contributed by atoms with Crippen molar-refractivity contribution < 1.29 is 4.79 Å². The number of aryl methyl sites for hydroxylation is 2. The maximum absolute atomic E-state index is 11.7. The molecular weight excluding hydrogens is 234 g/mol. The number of H-pyrrole nitrogens is 1. The van der Waals surface area contributed by atoms with Gasteiger partial charge in [-0.1, -0.05) is 0 Å². The molecule has 0 saturated carbocycles. The smallest absolute Gasteiger partial charge is 0.233 e. The number of carbonyl (C=O) groups is 1. The fraction of sp³-hybridized carbons (Fsp3) is 0.667. The molecule has 0 aromatic carbocycles. The summed E-state index contributed by atoms with van der Waals surface area (Å²) < 4.78 is 0. The lowest BCUT2D eigenvalue weighted by Crippen LogP contribution is -2.32. The molecule has 1 atom stereocenters. The zero-order valence-electron chi connectivity index (χ0n) is 10.2. The van der Waals surface area contributed by atoms with E-state index in [9.17, 15) is 4.79 Å². The summed E-state index contributed by atoms with van der Waals surface area (Å²) in [5, 5.41) is 10.1. The molecule has 2 heterocycles. The molecule has 4 nitrogen and oxygen atoms in total. The highest BCUT2D eigenvalue weighted by atomic mass is 32.2. The van der Waals surface area contributed by atoms with Gasteiger partial charge in [0, 0.05) is 12.2 Å². The minimum Gasteiger partial charge on any atom is -0.355 e. The molecule has 0 bridgehead atoms. The van der Waals surface area contributed by atoms with E-state index in [1.165, 1.54) is 12.0 Å². The molecule has 0 radical (unpaired) electrons. The van der Waals surface area contributed by atoms with Gasteiger partial charge in [0.25, 0.3) is 0 Å². The lowest BCUT2D eigenvalue weighted by atomic mass is 10.1. The molecule has 17 heavy (non-hydrogen) atoms. The molecule has 0 aliphatic carbocycles. The van der Waals surface area contributed by atoms with Gasteiger partial charge in [-0.25, -0.2) is 0 Å². The van der Waals surface area contributed by atoms with Crippen molar-refractivity contribution in [3.05, 3.63) is 17.5 Å². The van der Waals surface area contributed by atoms with E-state index in [1.54, 1.807) is 11.8 Å². The maximum atomic E-state index is 11.7. The first-order valence-electron chi connectivity index (χ1n) is 6.15. The van der Waals surface area contributed by atoms with Gasteiger partial charge in [0.05, 0.1) is 11.4 Å². The second kappa shape index (κ2) is 6.10. The Balaban J connectivity index is 1.63. The first kappa shape index (κ1) is 12.5. The summed E-state index contributed by atoms with van der Waals surface area (Å²) in [6.45, 7) is 2.79. The quantitative estimate of drug-likeness (QED) is 0.785. The summed E-state index contributed by atoms with van der Waals surface area (Å²) >= 11 is 1.78. The van der Waals surface area contributed by atoms with Crippen LogP contribution in [0.2, 0.25) is 0 Å². The average molecular weight is 253 g/mol. The summed E-state index contributed by atoms with van der Waals surface area (Å²) in [4.78, 5) is 11.7. The second-order valence-corrected chi connectivity index (χ2v) is 5.73. The van der Waals surface area contributed by atoms with Crippen LogP contribution in [-0.2, 0) is 11.2 Å². The Bertz CT molecular complexity index is 372. The number of rotatable bonds is 5. The molecule has 94 valence electrons. The number of nitrogens with zero attached hydrogens (tertiary/aromatic N) is 1. The van der Waals surface area contributed by atoms with Gasteiger partial charge < -0.3 is 5.32 Å². The number of thioether (sulfide) groups is 1. The molecular formula is C12H19N3OS. The number of hydrogen-bond acceptors (Lipinski definition) is 3. The van der Waals surface area contributed by atoms with Crippen LogP contribution in [0, 0.1) is 6.92 Å². The highest BCUT2D eigenvalue weighted by Gasteiger charge is 2.22. The van der Waals surface area contributed by atoms with E-state index < -0.39 is 0 Å². The average Bonchev–Trinajstić information content (AvgIpc) is 2.96. The highest BCUT2D eigenvalue weighted by Crippen LogP contribution is 2.25. The molecule has 1 aliphatic heterocycles. The fourth-order valence-corrected chi connectivity index (χ4v) is 3.20. The number of hydrogen-bond donors (Lipinski definition) is 2. The molecule has 1 saturated heterocycles. The monoisotopic (exact) mass is 253 g/mol. The van der Waals surface area contributed by atoms with Crippen molar-refractivity contribution in [2.45, 2.75) is 37.9 Å². The molecule has 1 aromatic heterocycles. The largest absolute Gasteiger partial charge is 0.355 e. The van der Waals surface area contributed by atoms with Gasteiger partial charge in [0.2, 0.25) is 5.91 Å². The van der Waals surface area contributed by atoms with Crippen molar-refractivity contribution in [3.8, 4) is 0 Å². The fourth-order valence-electron chi connectivity index (χ4n) is 2.02. The summed E-state index contributed by atoms with van der Waals surface area (Å²) in [5.41, 5.74) is 2.37. The Labute approximate surface area is 106 Å². The first-order chi connectivity index (χ1) is 8.27. The minimum absolute atomic E-state index is 0.200.